The molecule has 0 saturated carbocycles. The number of likely N-dealkylation sites (tertiary alicyclic amines) is 1. The van der Waals surface area contributed by atoms with Gasteiger partial charge in [-0.15, -0.1) is 0 Å². The second-order valence-corrected chi connectivity index (χ2v) is 10.8. The Hall–Kier alpha value is -3.08. The van der Waals surface area contributed by atoms with E-state index in [1.54, 1.807) is 37.6 Å². The van der Waals surface area contributed by atoms with E-state index in [0.717, 1.165) is 25.7 Å². The molecule has 1 fully saturated rings. The van der Waals surface area contributed by atoms with E-state index in [4.69, 9.17) is 0 Å². The summed E-state index contributed by atoms with van der Waals surface area (Å²) in [6.07, 6.45) is 5.31. The SMILES string of the molecule is CC[C@H]1CCCCN1C(=O)CC(NC(=O)C1(C)NC=CS1)C(=O)NC(C)c1nc2cccc(F)c2[nH]1. The second-order valence-electron chi connectivity index (χ2n) is 9.46. The van der Waals surface area contributed by atoms with Crippen molar-refractivity contribution in [2.45, 2.75) is 75.9 Å². The molecule has 0 spiro atoms. The molecule has 1 aromatic carbocycles. The average Bonchev–Trinajstić information content (AvgIpc) is 3.51. The summed E-state index contributed by atoms with van der Waals surface area (Å²) >= 11 is 1.29. The Morgan fingerprint density at radius 3 is 2.81 bits per heavy atom. The minimum Gasteiger partial charge on any atom is -0.369 e. The van der Waals surface area contributed by atoms with Crippen molar-refractivity contribution in [2.24, 2.45) is 0 Å². The number of para-hydroxylation sites is 1. The van der Waals surface area contributed by atoms with Gasteiger partial charge in [0.05, 0.1) is 18.0 Å². The number of aromatic nitrogens is 2. The van der Waals surface area contributed by atoms with Crippen molar-refractivity contribution in [3.05, 3.63) is 41.4 Å². The van der Waals surface area contributed by atoms with Gasteiger partial charge >= 0.3 is 0 Å². The van der Waals surface area contributed by atoms with Crippen LogP contribution in [0.5, 0.6) is 0 Å². The molecule has 3 heterocycles. The highest BCUT2D eigenvalue weighted by molar-refractivity contribution is 8.04. The first kappa shape index (κ1) is 26.0. The molecule has 0 bridgehead atoms. The molecule has 3 amide bonds. The molecule has 0 radical (unpaired) electrons. The van der Waals surface area contributed by atoms with E-state index in [0.29, 0.717) is 17.9 Å². The Bertz CT molecular complexity index is 1160. The topological polar surface area (TPSA) is 119 Å². The van der Waals surface area contributed by atoms with Gasteiger partial charge in [0.25, 0.3) is 5.91 Å². The standard InChI is InChI=1S/C25H33FN6O3S/c1-4-16-8-5-6-12-32(16)20(33)14-19(30-24(35)25(3)27-11-13-36-25)23(34)28-15(2)22-29-18-10-7-9-17(26)21(18)31-22/h7,9-11,13,15-16,19,27H,4-6,8,12,14H2,1-3H3,(H,28,34)(H,29,31)(H,30,35)/t15?,16-,19?,25?/m0/s1. The number of piperidine rings is 1. The highest BCUT2D eigenvalue weighted by atomic mass is 32.2. The first-order chi connectivity index (χ1) is 17.2. The number of nitrogens with one attached hydrogen (secondary N) is 4. The first-order valence-electron chi connectivity index (χ1n) is 12.4. The zero-order chi connectivity index (χ0) is 25.9. The maximum absolute atomic E-state index is 14.1. The van der Waals surface area contributed by atoms with Crippen molar-refractivity contribution in [3.63, 3.8) is 0 Å². The summed E-state index contributed by atoms with van der Waals surface area (Å²) in [5, 5.41) is 10.4. The number of imidazole rings is 1. The molecule has 0 aliphatic carbocycles. The summed E-state index contributed by atoms with van der Waals surface area (Å²) < 4.78 is 14.1. The number of benzene rings is 1. The smallest absolute Gasteiger partial charge is 0.256 e. The lowest BCUT2D eigenvalue weighted by Crippen LogP contribution is -2.57. The van der Waals surface area contributed by atoms with E-state index >= 15 is 0 Å². The van der Waals surface area contributed by atoms with Crippen molar-refractivity contribution in [1.82, 2.24) is 30.8 Å². The molecular formula is C25H33FN6O3S. The van der Waals surface area contributed by atoms with Crippen LogP contribution in [0.25, 0.3) is 11.0 Å². The predicted octanol–water partition coefficient (Wildman–Crippen LogP) is 3.07. The van der Waals surface area contributed by atoms with Crippen LogP contribution >= 0.6 is 11.8 Å². The lowest BCUT2D eigenvalue weighted by molar-refractivity contribution is -0.139. The summed E-state index contributed by atoms with van der Waals surface area (Å²) in [4.78, 5) is 47.9. The van der Waals surface area contributed by atoms with Crippen LogP contribution in [0.15, 0.2) is 29.8 Å². The molecule has 194 valence electrons. The number of thioether (sulfide) groups is 1. The predicted molar refractivity (Wildman–Crippen MR) is 137 cm³/mol. The Balaban J connectivity index is 1.50. The number of carbonyl (C=O) groups is 3. The van der Waals surface area contributed by atoms with Crippen molar-refractivity contribution in [2.75, 3.05) is 6.54 Å². The van der Waals surface area contributed by atoms with Crippen LogP contribution in [0.2, 0.25) is 0 Å². The quantitative estimate of drug-likeness (QED) is 0.428. The van der Waals surface area contributed by atoms with Crippen molar-refractivity contribution >= 4 is 40.5 Å². The monoisotopic (exact) mass is 516 g/mol. The molecule has 1 saturated heterocycles. The van der Waals surface area contributed by atoms with Crippen LogP contribution in [0, 0.1) is 5.82 Å². The number of halogens is 1. The molecule has 11 heteroatoms. The van der Waals surface area contributed by atoms with Crippen LogP contribution in [0.4, 0.5) is 4.39 Å². The zero-order valence-corrected chi connectivity index (χ0v) is 21.6. The summed E-state index contributed by atoms with van der Waals surface area (Å²) in [6, 6.07) is 3.04. The molecule has 2 aliphatic rings. The first-order valence-corrected chi connectivity index (χ1v) is 13.2. The largest absolute Gasteiger partial charge is 0.369 e. The molecular weight excluding hydrogens is 483 g/mol. The second kappa shape index (κ2) is 10.9. The van der Waals surface area contributed by atoms with E-state index in [1.807, 2.05) is 4.90 Å². The van der Waals surface area contributed by atoms with E-state index in [1.165, 1.54) is 17.8 Å². The maximum Gasteiger partial charge on any atom is 0.256 e. The fourth-order valence-corrected chi connectivity index (χ4v) is 5.38. The third-order valence-corrected chi connectivity index (χ3v) is 7.88. The minimum atomic E-state index is -1.08. The number of hydrogen-bond donors (Lipinski definition) is 4. The Morgan fingerprint density at radius 2 is 2.11 bits per heavy atom. The highest BCUT2D eigenvalue weighted by Gasteiger charge is 2.38. The van der Waals surface area contributed by atoms with E-state index in [9.17, 15) is 18.8 Å². The molecule has 4 N–H and O–H groups in total. The summed E-state index contributed by atoms with van der Waals surface area (Å²) in [7, 11) is 0. The van der Waals surface area contributed by atoms with Gasteiger partial charge in [0.2, 0.25) is 11.8 Å². The van der Waals surface area contributed by atoms with Gasteiger partial charge in [0.15, 0.2) is 4.87 Å². The van der Waals surface area contributed by atoms with Crippen LogP contribution in [-0.4, -0.2) is 56.1 Å². The van der Waals surface area contributed by atoms with E-state index in [2.05, 4.69) is 32.8 Å². The maximum atomic E-state index is 14.1. The van der Waals surface area contributed by atoms with Gasteiger partial charge in [-0.2, -0.15) is 0 Å². The average molecular weight is 517 g/mol. The van der Waals surface area contributed by atoms with Gasteiger partial charge < -0.3 is 25.8 Å². The number of aromatic amines is 1. The normalized spacial score (nSPS) is 23.2. The van der Waals surface area contributed by atoms with E-state index < -0.39 is 34.6 Å². The van der Waals surface area contributed by atoms with Gasteiger partial charge in [-0.3, -0.25) is 14.4 Å². The van der Waals surface area contributed by atoms with Gasteiger partial charge in [-0.1, -0.05) is 24.8 Å². The molecule has 2 aliphatic heterocycles. The number of rotatable bonds is 8. The third kappa shape index (κ3) is 5.50. The van der Waals surface area contributed by atoms with Crippen molar-refractivity contribution in [3.8, 4) is 0 Å². The molecule has 4 rings (SSSR count). The molecule has 2 aromatic rings. The van der Waals surface area contributed by atoms with Gasteiger partial charge in [0, 0.05) is 18.8 Å². The number of amides is 3. The number of carbonyl (C=O) groups excluding carboxylic acids is 3. The van der Waals surface area contributed by atoms with Crippen LogP contribution in [0.1, 0.15) is 64.7 Å². The molecule has 36 heavy (non-hydrogen) atoms. The molecule has 1 aromatic heterocycles. The van der Waals surface area contributed by atoms with E-state index in [-0.39, 0.29) is 23.9 Å². The Kier molecular flexibility index (Phi) is 7.87. The van der Waals surface area contributed by atoms with Gasteiger partial charge in [-0.25, -0.2) is 9.37 Å². The van der Waals surface area contributed by atoms with Crippen LogP contribution < -0.4 is 16.0 Å². The zero-order valence-electron chi connectivity index (χ0n) is 20.8. The van der Waals surface area contributed by atoms with Crippen molar-refractivity contribution < 1.29 is 18.8 Å². The molecule has 3 unspecified atom stereocenters. The molecule has 9 nitrogen and oxygen atoms in total. The lowest BCUT2D eigenvalue weighted by Gasteiger charge is -2.36. The van der Waals surface area contributed by atoms with Gasteiger partial charge in [0.1, 0.15) is 23.2 Å². The number of nitrogens with zero attached hydrogens (tertiary/aromatic N) is 2. The number of H-pyrrole nitrogens is 1. The number of fused-ring (bicyclic) bond motifs is 1. The minimum absolute atomic E-state index is 0.142. The van der Waals surface area contributed by atoms with Crippen LogP contribution in [0.3, 0.4) is 0 Å². The summed E-state index contributed by atoms with van der Waals surface area (Å²) in [5.74, 6) is -1.11. The Morgan fingerprint density at radius 1 is 1.31 bits per heavy atom. The third-order valence-electron chi connectivity index (χ3n) is 6.84. The highest BCUT2D eigenvalue weighted by Crippen LogP contribution is 2.28. The van der Waals surface area contributed by atoms with Crippen molar-refractivity contribution in [1.29, 1.82) is 0 Å². The fourth-order valence-electron chi connectivity index (χ4n) is 4.67. The summed E-state index contributed by atoms with van der Waals surface area (Å²) in [6.45, 7) is 6.13. The Labute approximate surface area is 214 Å². The lowest BCUT2D eigenvalue weighted by atomic mass is 9.98. The molecule has 4 atom stereocenters. The van der Waals surface area contributed by atoms with Gasteiger partial charge in [-0.05, 0) is 57.1 Å². The fraction of sp³-hybridized carbons (Fsp3) is 0.520. The number of hydrogen-bond acceptors (Lipinski definition) is 6. The summed E-state index contributed by atoms with van der Waals surface area (Å²) in [5.41, 5.74) is 0.709. The van der Waals surface area contributed by atoms with Crippen LogP contribution in [-0.2, 0) is 14.4 Å².